The van der Waals surface area contributed by atoms with E-state index in [1.54, 1.807) is 12.1 Å². The smallest absolute Gasteiger partial charge is 0.263 e. The summed E-state index contributed by atoms with van der Waals surface area (Å²) in [5.74, 6) is -0.711. The van der Waals surface area contributed by atoms with Crippen LogP contribution in [0.5, 0.6) is 0 Å². The van der Waals surface area contributed by atoms with Gasteiger partial charge in [-0.1, -0.05) is 19.1 Å². The molecule has 0 aliphatic heterocycles. The maximum absolute atomic E-state index is 10.7. The molecule has 12 heavy (non-hydrogen) atoms. The summed E-state index contributed by atoms with van der Waals surface area (Å²) < 4.78 is 0. The minimum absolute atomic E-state index is 0.349. The second-order valence-electron chi connectivity index (χ2n) is 2.45. The van der Waals surface area contributed by atoms with E-state index in [1.165, 1.54) is 0 Å². The van der Waals surface area contributed by atoms with Crippen LogP contribution in [-0.4, -0.2) is 5.91 Å². The lowest BCUT2D eigenvalue weighted by atomic mass is 10.1. The lowest BCUT2D eigenvalue weighted by molar-refractivity contribution is 0.100. The summed E-state index contributed by atoms with van der Waals surface area (Å²) in [6, 6.07) is 6.86. The molecule has 0 aliphatic rings. The summed E-state index contributed by atoms with van der Waals surface area (Å²) in [5.41, 5.74) is 1.49. The van der Waals surface area contributed by atoms with Crippen LogP contribution in [0.1, 0.15) is 22.8 Å². The predicted octanol–water partition coefficient (Wildman–Crippen LogP) is 2.16. The van der Waals surface area contributed by atoms with Crippen LogP contribution in [0.4, 0.5) is 0 Å². The highest BCUT2D eigenvalue weighted by Gasteiger charge is 2.03. The van der Waals surface area contributed by atoms with Gasteiger partial charge in [-0.3, -0.25) is 4.79 Å². The zero-order valence-electron chi connectivity index (χ0n) is 6.78. The summed E-state index contributed by atoms with van der Waals surface area (Å²) in [5, 5.41) is 2.33. The first-order valence-corrected chi connectivity index (χ1v) is 3.74. The van der Waals surface area contributed by atoms with Crippen molar-refractivity contribution in [3.05, 3.63) is 40.3 Å². The van der Waals surface area contributed by atoms with E-state index in [-0.39, 0.29) is 0 Å². The summed E-state index contributed by atoms with van der Waals surface area (Å²) >= 11 is 0. The number of hydrogen-bond acceptors (Lipinski definition) is 2. The molecule has 0 heterocycles. The number of nitrogens with zero attached hydrogens (tertiary/aromatic N) is 1. The number of carbonyl (C=O) groups excluding carboxylic acids is 1. The van der Waals surface area contributed by atoms with E-state index in [9.17, 15) is 9.70 Å². The van der Waals surface area contributed by atoms with E-state index in [0.717, 1.165) is 12.0 Å². The molecule has 1 rings (SSSR count). The van der Waals surface area contributed by atoms with Crippen molar-refractivity contribution in [1.29, 1.82) is 0 Å². The molecule has 1 aromatic rings. The molecule has 1 aromatic carbocycles. The van der Waals surface area contributed by atoms with Crippen molar-refractivity contribution in [2.45, 2.75) is 13.3 Å². The van der Waals surface area contributed by atoms with Gasteiger partial charge in [0.2, 0.25) is 0 Å². The Bertz CT molecular complexity index is 290. The Morgan fingerprint density at radius 3 is 2.33 bits per heavy atom. The van der Waals surface area contributed by atoms with Gasteiger partial charge in [0.25, 0.3) is 0 Å². The quantitative estimate of drug-likeness (QED) is 0.627. The zero-order chi connectivity index (χ0) is 8.97. The lowest BCUT2D eigenvalue weighted by Gasteiger charge is -1.95. The van der Waals surface area contributed by atoms with Gasteiger partial charge in [-0.2, -0.15) is 0 Å². The summed E-state index contributed by atoms with van der Waals surface area (Å²) in [7, 11) is 0. The van der Waals surface area contributed by atoms with Gasteiger partial charge in [0.05, 0.1) is 0 Å². The Morgan fingerprint density at radius 2 is 1.92 bits per heavy atom. The van der Waals surface area contributed by atoms with Gasteiger partial charge in [-0.25, -0.2) is 0 Å². The minimum Gasteiger partial charge on any atom is -0.263 e. The molecule has 1 amide bonds. The molecule has 0 radical (unpaired) electrons. The number of rotatable bonds is 2. The molecule has 0 atom stereocenters. The summed E-state index contributed by atoms with van der Waals surface area (Å²) in [6.45, 7) is 2.02. The van der Waals surface area contributed by atoms with Crippen LogP contribution in [0.3, 0.4) is 0 Å². The molecule has 3 heteroatoms. The second-order valence-corrected chi connectivity index (χ2v) is 2.45. The highest BCUT2D eigenvalue weighted by atomic mass is 16.3. The molecule has 0 aromatic heterocycles. The molecule has 0 bridgehead atoms. The average molecular weight is 163 g/mol. The van der Waals surface area contributed by atoms with E-state index < -0.39 is 5.91 Å². The van der Waals surface area contributed by atoms with Gasteiger partial charge >= 0.3 is 5.91 Å². The fourth-order valence-electron chi connectivity index (χ4n) is 0.936. The van der Waals surface area contributed by atoms with E-state index >= 15 is 0 Å². The van der Waals surface area contributed by atoms with Crippen LogP contribution in [0.25, 0.3) is 0 Å². The molecule has 0 N–H and O–H groups in total. The SMILES string of the molecule is CCc1ccc(C(=O)N=O)cc1. The highest BCUT2D eigenvalue weighted by Crippen LogP contribution is 2.05. The zero-order valence-corrected chi connectivity index (χ0v) is 6.78. The third-order valence-corrected chi connectivity index (χ3v) is 1.69. The van der Waals surface area contributed by atoms with Crippen LogP contribution in [0.2, 0.25) is 0 Å². The maximum Gasteiger partial charge on any atom is 0.316 e. The molecule has 0 aliphatic carbocycles. The monoisotopic (exact) mass is 163 g/mol. The molecule has 0 saturated carbocycles. The van der Waals surface area contributed by atoms with Crippen molar-refractivity contribution in [2.24, 2.45) is 5.18 Å². The van der Waals surface area contributed by atoms with E-state index in [2.05, 4.69) is 5.18 Å². The highest BCUT2D eigenvalue weighted by molar-refractivity contribution is 5.94. The van der Waals surface area contributed by atoms with E-state index in [0.29, 0.717) is 5.56 Å². The fourth-order valence-corrected chi connectivity index (χ4v) is 0.936. The van der Waals surface area contributed by atoms with E-state index in [4.69, 9.17) is 0 Å². The number of amides is 1. The molecule has 0 spiro atoms. The molecule has 3 nitrogen and oxygen atoms in total. The van der Waals surface area contributed by atoms with Crippen molar-refractivity contribution in [3.63, 3.8) is 0 Å². The number of aryl methyl sites for hydroxylation is 1. The topological polar surface area (TPSA) is 46.5 Å². The Labute approximate surface area is 70.4 Å². The largest absolute Gasteiger partial charge is 0.316 e. The van der Waals surface area contributed by atoms with E-state index in [1.807, 2.05) is 19.1 Å². The Hall–Kier alpha value is -1.51. The number of hydrogen-bond donors (Lipinski definition) is 0. The fraction of sp³-hybridized carbons (Fsp3) is 0.222. The average Bonchev–Trinajstić information content (AvgIpc) is 2.17. The third kappa shape index (κ3) is 1.75. The molecule has 0 unspecified atom stereocenters. The Morgan fingerprint density at radius 1 is 1.33 bits per heavy atom. The molecule has 62 valence electrons. The Balaban J connectivity index is 2.91. The Kier molecular flexibility index (Phi) is 2.69. The van der Waals surface area contributed by atoms with Crippen molar-refractivity contribution in [3.8, 4) is 0 Å². The summed E-state index contributed by atoms with van der Waals surface area (Å²) in [4.78, 5) is 20.6. The second kappa shape index (κ2) is 3.76. The van der Waals surface area contributed by atoms with Gasteiger partial charge in [0, 0.05) is 10.7 Å². The van der Waals surface area contributed by atoms with Crippen LogP contribution in [0, 0.1) is 4.91 Å². The van der Waals surface area contributed by atoms with Gasteiger partial charge in [0.15, 0.2) is 0 Å². The normalized spacial score (nSPS) is 9.42. The van der Waals surface area contributed by atoms with Gasteiger partial charge in [-0.15, -0.1) is 4.91 Å². The van der Waals surface area contributed by atoms with Gasteiger partial charge in [0.1, 0.15) is 0 Å². The predicted molar refractivity (Wildman–Crippen MR) is 45.9 cm³/mol. The first-order chi connectivity index (χ1) is 5.77. The first kappa shape index (κ1) is 8.59. The third-order valence-electron chi connectivity index (χ3n) is 1.69. The number of nitroso groups, excluding NO2 is 1. The minimum atomic E-state index is -0.711. The van der Waals surface area contributed by atoms with Crippen LogP contribution in [-0.2, 0) is 6.42 Å². The molecule has 0 fully saturated rings. The molecular formula is C9H9NO2. The van der Waals surface area contributed by atoms with Crippen LogP contribution >= 0.6 is 0 Å². The molecular weight excluding hydrogens is 154 g/mol. The molecule has 0 saturated heterocycles. The van der Waals surface area contributed by atoms with Gasteiger partial charge in [-0.05, 0) is 24.1 Å². The number of benzene rings is 1. The lowest BCUT2D eigenvalue weighted by Crippen LogP contribution is -1.93. The van der Waals surface area contributed by atoms with Crippen molar-refractivity contribution < 1.29 is 4.79 Å². The van der Waals surface area contributed by atoms with Crippen LogP contribution in [0.15, 0.2) is 29.4 Å². The van der Waals surface area contributed by atoms with Crippen molar-refractivity contribution in [2.75, 3.05) is 0 Å². The number of carbonyl (C=O) groups is 1. The van der Waals surface area contributed by atoms with Crippen LogP contribution < -0.4 is 0 Å². The summed E-state index contributed by atoms with van der Waals surface area (Å²) in [6.07, 6.45) is 0.920. The standard InChI is InChI=1S/C9H9NO2/c1-2-7-3-5-8(6-4-7)9(11)10-12/h3-6H,2H2,1H3. The first-order valence-electron chi connectivity index (χ1n) is 3.74. The van der Waals surface area contributed by atoms with Crippen molar-refractivity contribution in [1.82, 2.24) is 0 Å². The van der Waals surface area contributed by atoms with Gasteiger partial charge < -0.3 is 0 Å². The van der Waals surface area contributed by atoms with Crippen molar-refractivity contribution >= 4 is 5.91 Å². The maximum atomic E-state index is 10.7.